The minimum absolute atomic E-state index is 0.339. The molecular formula is C11H11N5S. The maximum Gasteiger partial charge on any atom is 0.215 e. The number of benzene rings is 1. The molecule has 6 heteroatoms. The molecule has 2 aromatic rings. The van der Waals surface area contributed by atoms with Gasteiger partial charge in [0.1, 0.15) is 0 Å². The number of nitrogens with zero attached hydrogens (tertiary/aromatic N) is 5. The first-order valence-corrected chi connectivity index (χ1v) is 6.07. The third-order valence-electron chi connectivity index (χ3n) is 2.51. The summed E-state index contributed by atoms with van der Waals surface area (Å²) in [6.45, 7) is 4.08. The molecule has 0 bridgehead atoms. The Bertz CT molecular complexity index is 569. The minimum Gasteiger partial charge on any atom is -0.197 e. The Balaban J connectivity index is 2.43. The van der Waals surface area contributed by atoms with Crippen LogP contribution in [0.3, 0.4) is 0 Å². The largest absolute Gasteiger partial charge is 0.215 e. The normalized spacial score (nSPS) is 10.2. The van der Waals surface area contributed by atoms with E-state index in [0.717, 1.165) is 11.3 Å². The van der Waals surface area contributed by atoms with Crippen molar-refractivity contribution in [2.24, 2.45) is 0 Å². The van der Waals surface area contributed by atoms with Gasteiger partial charge in [-0.15, -0.1) is 5.10 Å². The summed E-state index contributed by atoms with van der Waals surface area (Å²) in [6.07, 6.45) is 0. The molecule has 0 saturated carbocycles. The Kier molecular flexibility index (Phi) is 3.40. The third-order valence-corrected chi connectivity index (χ3v) is 3.30. The van der Waals surface area contributed by atoms with Crippen LogP contribution < -0.4 is 0 Å². The van der Waals surface area contributed by atoms with Crippen LogP contribution in [0, 0.1) is 25.2 Å². The number of hydrogen-bond acceptors (Lipinski definition) is 5. The van der Waals surface area contributed by atoms with Crippen LogP contribution in [0.4, 0.5) is 0 Å². The van der Waals surface area contributed by atoms with Gasteiger partial charge < -0.3 is 0 Å². The average molecular weight is 245 g/mol. The van der Waals surface area contributed by atoms with E-state index in [1.807, 2.05) is 32.0 Å². The lowest BCUT2D eigenvalue weighted by Crippen LogP contribution is -2.02. The maximum absolute atomic E-state index is 8.58. The van der Waals surface area contributed by atoms with Gasteiger partial charge >= 0.3 is 0 Å². The first-order valence-electron chi connectivity index (χ1n) is 5.08. The summed E-state index contributed by atoms with van der Waals surface area (Å²) in [5, 5.41) is 20.8. The summed E-state index contributed by atoms with van der Waals surface area (Å²) in [5.74, 6) is 0.339. The molecule has 1 aromatic heterocycles. The van der Waals surface area contributed by atoms with Crippen LogP contribution in [0.2, 0.25) is 0 Å². The highest BCUT2D eigenvalue weighted by Crippen LogP contribution is 2.21. The molecule has 0 aliphatic heterocycles. The smallest absolute Gasteiger partial charge is 0.197 e. The summed E-state index contributed by atoms with van der Waals surface area (Å²) < 4.78 is 1.67. The molecule has 0 aliphatic rings. The molecule has 0 unspecified atom stereocenters. The van der Waals surface area contributed by atoms with E-state index in [9.17, 15) is 0 Å². The molecule has 0 saturated heterocycles. The Labute approximate surface area is 103 Å². The summed E-state index contributed by atoms with van der Waals surface area (Å²) >= 11 is 1.33. The Morgan fingerprint density at radius 2 is 2.24 bits per heavy atom. The zero-order chi connectivity index (χ0) is 12.3. The molecule has 5 nitrogen and oxygen atoms in total. The second-order valence-electron chi connectivity index (χ2n) is 3.54. The fourth-order valence-electron chi connectivity index (χ4n) is 1.48. The average Bonchev–Trinajstić information content (AvgIpc) is 2.78. The van der Waals surface area contributed by atoms with Crippen LogP contribution in [0.15, 0.2) is 23.4 Å². The van der Waals surface area contributed by atoms with Gasteiger partial charge in [0.2, 0.25) is 5.16 Å². The van der Waals surface area contributed by atoms with E-state index in [-0.39, 0.29) is 0 Å². The molecule has 1 aromatic carbocycles. The lowest BCUT2D eigenvalue weighted by Gasteiger charge is -2.08. The number of nitriles is 1. The SMILES string of the molecule is Cc1cccc(-n2nnnc2SCC#N)c1C. The zero-order valence-corrected chi connectivity index (χ0v) is 10.4. The van der Waals surface area contributed by atoms with Gasteiger partial charge in [-0.3, -0.25) is 0 Å². The van der Waals surface area contributed by atoms with Crippen molar-refractivity contribution in [1.82, 2.24) is 20.2 Å². The minimum atomic E-state index is 0.339. The quantitative estimate of drug-likeness (QED) is 0.772. The molecule has 0 N–H and O–H groups in total. The van der Waals surface area contributed by atoms with Crippen molar-refractivity contribution in [1.29, 1.82) is 5.26 Å². The van der Waals surface area contributed by atoms with E-state index in [1.165, 1.54) is 17.3 Å². The van der Waals surface area contributed by atoms with Crippen LogP contribution in [0.5, 0.6) is 0 Å². The number of aromatic nitrogens is 4. The summed E-state index contributed by atoms with van der Waals surface area (Å²) in [6, 6.07) is 8.05. The number of thioether (sulfide) groups is 1. The molecule has 0 spiro atoms. The molecule has 0 radical (unpaired) electrons. The van der Waals surface area contributed by atoms with Crippen molar-refractivity contribution in [3.63, 3.8) is 0 Å². The second-order valence-corrected chi connectivity index (χ2v) is 4.48. The molecule has 0 amide bonds. The lowest BCUT2D eigenvalue weighted by molar-refractivity contribution is 0.751. The van der Waals surface area contributed by atoms with E-state index >= 15 is 0 Å². The zero-order valence-electron chi connectivity index (χ0n) is 9.58. The van der Waals surface area contributed by atoms with Gasteiger partial charge in [0.05, 0.1) is 17.5 Å². The Morgan fingerprint density at radius 3 is 3.00 bits per heavy atom. The monoisotopic (exact) mass is 245 g/mol. The first kappa shape index (κ1) is 11.6. The molecule has 17 heavy (non-hydrogen) atoms. The molecule has 0 atom stereocenters. The highest BCUT2D eigenvalue weighted by molar-refractivity contribution is 7.99. The number of hydrogen-bond donors (Lipinski definition) is 0. The number of aryl methyl sites for hydroxylation is 1. The predicted octanol–water partition coefficient (Wildman–Crippen LogP) is 1.89. The molecule has 1 heterocycles. The van der Waals surface area contributed by atoms with Crippen molar-refractivity contribution in [3.05, 3.63) is 29.3 Å². The van der Waals surface area contributed by atoms with Crippen molar-refractivity contribution in [2.45, 2.75) is 19.0 Å². The van der Waals surface area contributed by atoms with Crippen LogP contribution in [0.1, 0.15) is 11.1 Å². The van der Waals surface area contributed by atoms with Gasteiger partial charge in [0.15, 0.2) is 0 Å². The predicted molar refractivity (Wildman–Crippen MR) is 65.0 cm³/mol. The van der Waals surface area contributed by atoms with Crippen molar-refractivity contribution < 1.29 is 0 Å². The van der Waals surface area contributed by atoms with Crippen LogP contribution >= 0.6 is 11.8 Å². The topological polar surface area (TPSA) is 67.4 Å². The number of rotatable bonds is 3. The second kappa shape index (κ2) is 4.97. The highest BCUT2D eigenvalue weighted by Gasteiger charge is 2.11. The Hall–Kier alpha value is -1.87. The van der Waals surface area contributed by atoms with Gasteiger partial charge in [-0.2, -0.15) is 9.94 Å². The molecule has 0 aliphatic carbocycles. The van der Waals surface area contributed by atoms with E-state index in [4.69, 9.17) is 5.26 Å². The van der Waals surface area contributed by atoms with Crippen LogP contribution in [0.25, 0.3) is 5.69 Å². The first-order chi connectivity index (χ1) is 8.24. The standard InChI is InChI=1S/C11H11N5S/c1-8-4-3-5-10(9(8)2)16-11(13-14-15-16)17-7-6-12/h3-5H,7H2,1-2H3. The fourth-order valence-corrected chi connectivity index (χ4v) is 2.03. The Morgan fingerprint density at radius 1 is 1.41 bits per heavy atom. The summed E-state index contributed by atoms with van der Waals surface area (Å²) in [7, 11) is 0. The van der Waals surface area contributed by atoms with Crippen LogP contribution in [-0.4, -0.2) is 26.0 Å². The van der Waals surface area contributed by atoms with E-state index in [2.05, 4.69) is 21.6 Å². The molecule has 0 fully saturated rings. The van der Waals surface area contributed by atoms with E-state index in [1.54, 1.807) is 4.68 Å². The molecular weight excluding hydrogens is 234 g/mol. The van der Waals surface area contributed by atoms with E-state index in [0.29, 0.717) is 10.9 Å². The van der Waals surface area contributed by atoms with Gasteiger partial charge in [0.25, 0.3) is 0 Å². The summed E-state index contributed by atoms with van der Waals surface area (Å²) in [4.78, 5) is 0. The van der Waals surface area contributed by atoms with Gasteiger partial charge in [0, 0.05) is 0 Å². The third kappa shape index (κ3) is 2.29. The van der Waals surface area contributed by atoms with Gasteiger partial charge in [-0.25, -0.2) is 0 Å². The highest BCUT2D eigenvalue weighted by atomic mass is 32.2. The van der Waals surface area contributed by atoms with E-state index < -0.39 is 0 Å². The van der Waals surface area contributed by atoms with Crippen LogP contribution in [-0.2, 0) is 0 Å². The van der Waals surface area contributed by atoms with Crippen molar-refractivity contribution in [2.75, 3.05) is 5.75 Å². The number of tetrazole rings is 1. The summed E-state index contributed by atoms with van der Waals surface area (Å²) in [5.41, 5.74) is 3.28. The van der Waals surface area contributed by atoms with Gasteiger partial charge in [-0.05, 0) is 41.5 Å². The lowest BCUT2D eigenvalue weighted by atomic mass is 10.1. The van der Waals surface area contributed by atoms with Crippen molar-refractivity contribution >= 4 is 11.8 Å². The maximum atomic E-state index is 8.58. The molecule has 2 rings (SSSR count). The van der Waals surface area contributed by atoms with Gasteiger partial charge in [-0.1, -0.05) is 23.9 Å². The van der Waals surface area contributed by atoms with Crippen molar-refractivity contribution in [3.8, 4) is 11.8 Å². The molecule has 86 valence electrons. The fraction of sp³-hybridized carbons (Fsp3) is 0.273.